The highest BCUT2D eigenvalue weighted by Crippen LogP contribution is 2.59. The van der Waals surface area contributed by atoms with Crippen LogP contribution in [0.4, 0.5) is 0 Å². The number of ether oxygens (including phenoxy) is 4. The predicted molar refractivity (Wildman–Crippen MR) is 94.0 cm³/mol. The third-order valence-electron chi connectivity index (χ3n) is 7.13. The highest BCUT2D eigenvalue weighted by molar-refractivity contribution is 5.88. The summed E-state index contributed by atoms with van der Waals surface area (Å²) < 4.78 is 21.2. The number of fused-ring (bicyclic) bond motifs is 2. The van der Waals surface area contributed by atoms with Crippen LogP contribution in [0.5, 0.6) is 0 Å². The molecule has 4 bridgehead atoms. The molecule has 10 heteroatoms. The van der Waals surface area contributed by atoms with E-state index < -0.39 is 45.9 Å². The quantitative estimate of drug-likeness (QED) is 0.478. The van der Waals surface area contributed by atoms with Gasteiger partial charge in [-0.1, -0.05) is 12.2 Å². The lowest BCUT2D eigenvalue weighted by atomic mass is 9.68. The molecular formula is C20H20O10. The molecule has 6 atom stereocenters. The molecule has 4 fully saturated rings. The van der Waals surface area contributed by atoms with Crippen molar-refractivity contribution in [3.8, 4) is 0 Å². The fraction of sp³-hybridized carbons (Fsp3) is 0.600. The first-order valence-electron chi connectivity index (χ1n) is 9.68. The number of carbonyl (C=O) groups excluding carboxylic acids is 2. The van der Waals surface area contributed by atoms with E-state index in [0.717, 1.165) is 0 Å². The molecule has 10 nitrogen and oxygen atoms in total. The predicted octanol–water partition coefficient (Wildman–Crippen LogP) is 0.204. The van der Waals surface area contributed by atoms with Crippen LogP contribution in [0.2, 0.25) is 0 Å². The summed E-state index contributed by atoms with van der Waals surface area (Å²) in [6.45, 7) is 0.290. The number of cyclic esters (lactones) is 2. The van der Waals surface area contributed by atoms with Gasteiger partial charge in [0.05, 0.1) is 25.0 Å². The Labute approximate surface area is 170 Å². The third kappa shape index (κ3) is 2.26. The van der Waals surface area contributed by atoms with Crippen molar-refractivity contribution in [3.05, 3.63) is 24.3 Å². The minimum Gasteiger partial charge on any atom is -0.481 e. The number of hydrogen-bond donors (Lipinski definition) is 2. The number of carbonyl (C=O) groups is 4. The van der Waals surface area contributed by atoms with Crippen molar-refractivity contribution in [1.29, 1.82) is 0 Å². The fourth-order valence-corrected chi connectivity index (χ4v) is 5.70. The topological polar surface area (TPSA) is 146 Å². The van der Waals surface area contributed by atoms with Crippen molar-refractivity contribution in [2.45, 2.75) is 49.1 Å². The standard InChI is InChI=1S/2C10H10O5/c2*11-7(12)4-9-3-6-1-2-10(9,15-6)5-14-8(9)13/h2*1-2,6H,3-5H2,(H,11,12)/t2*6-,9-,10-/m10/s1. The molecule has 0 saturated carbocycles. The molecule has 4 saturated heterocycles. The van der Waals surface area contributed by atoms with E-state index in [1.165, 1.54) is 0 Å². The molecule has 0 aromatic rings. The van der Waals surface area contributed by atoms with E-state index in [1.807, 2.05) is 12.2 Å². The molecule has 0 radical (unpaired) electrons. The van der Waals surface area contributed by atoms with Crippen LogP contribution in [-0.2, 0) is 38.1 Å². The Morgan fingerprint density at radius 3 is 1.57 bits per heavy atom. The Bertz CT molecular complexity index is 849. The summed E-state index contributed by atoms with van der Waals surface area (Å²) in [6.07, 6.45) is 7.49. The van der Waals surface area contributed by atoms with E-state index in [9.17, 15) is 19.2 Å². The number of esters is 2. The highest BCUT2D eigenvalue weighted by Gasteiger charge is 2.71. The van der Waals surface area contributed by atoms with Gasteiger partial charge in [0.2, 0.25) is 0 Å². The van der Waals surface area contributed by atoms with Gasteiger partial charge in [0.15, 0.2) is 0 Å². The molecule has 2 N–H and O–H groups in total. The molecule has 0 unspecified atom stereocenters. The maximum atomic E-state index is 11.7. The Morgan fingerprint density at radius 1 is 0.833 bits per heavy atom. The molecule has 30 heavy (non-hydrogen) atoms. The van der Waals surface area contributed by atoms with Crippen LogP contribution in [0.25, 0.3) is 0 Å². The summed E-state index contributed by atoms with van der Waals surface area (Å²) in [5.74, 6) is -2.84. The molecule has 0 amide bonds. The summed E-state index contributed by atoms with van der Waals surface area (Å²) in [7, 11) is 0. The van der Waals surface area contributed by atoms with E-state index in [0.29, 0.717) is 12.8 Å². The van der Waals surface area contributed by atoms with Crippen LogP contribution in [0.1, 0.15) is 25.7 Å². The van der Waals surface area contributed by atoms with Gasteiger partial charge >= 0.3 is 23.9 Å². The van der Waals surface area contributed by atoms with Crippen molar-refractivity contribution in [2.75, 3.05) is 13.2 Å². The fourth-order valence-electron chi connectivity index (χ4n) is 5.70. The van der Waals surface area contributed by atoms with Crippen molar-refractivity contribution >= 4 is 23.9 Å². The summed E-state index contributed by atoms with van der Waals surface area (Å²) >= 11 is 0. The summed E-state index contributed by atoms with van der Waals surface area (Å²) in [5, 5.41) is 17.7. The van der Waals surface area contributed by atoms with Gasteiger partial charge in [-0.2, -0.15) is 0 Å². The van der Waals surface area contributed by atoms with Gasteiger partial charge in [0.1, 0.15) is 35.2 Å². The molecule has 0 aromatic heterocycles. The lowest BCUT2D eigenvalue weighted by Crippen LogP contribution is -2.45. The molecule has 6 aliphatic heterocycles. The van der Waals surface area contributed by atoms with Gasteiger partial charge < -0.3 is 29.2 Å². The Balaban J connectivity index is 0.000000128. The van der Waals surface area contributed by atoms with Crippen LogP contribution in [0.3, 0.4) is 0 Å². The minimum absolute atomic E-state index is 0.128. The Kier molecular flexibility index (Phi) is 3.80. The zero-order valence-corrected chi connectivity index (χ0v) is 15.9. The minimum atomic E-state index is -0.988. The summed E-state index contributed by atoms with van der Waals surface area (Å²) in [6, 6.07) is 0. The van der Waals surface area contributed by atoms with Crippen molar-refractivity contribution < 1.29 is 48.3 Å². The van der Waals surface area contributed by atoms with E-state index in [4.69, 9.17) is 29.2 Å². The molecule has 6 aliphatic rings. The van der Waals surface area contributed by atoms with Gasteiger partial charge in [0, 0.05) is 0 Å². The molecule has 0 aliphatic carbocycles. The highest BCUT2D eigenvalue weighted by atomic mass is 16.6. The zero-order chi connectivity index (χ0) is 21.4. The van der Waals surface area contributed by atoms with E-state index in [-0.39, 0.29) is 38.3 Å². The van der Waals surface area contributed by atoms with Crippen LogP contribution in [-0.4, -0.2) is 70.7 Å². The van der Waals surface area contributed by atoms with Crippen LogP contribution in [0, 0.1) is 10.8 Å². The van der Waals surface area contributed by atoms with Gasteiger partial charge in [-0.15, -0.1) is 0 Å². The Hall–Kier alpha value is -2.72. The monoisotopic (exact) mass is 420 g/mol. The average molecular weight is 420 g/mol. The molecule has 0 aromatic carbocycles. The van der Waals surface area contributed by atoms with Gasteiger partial charge in [0.25, 0.3) is 0 Å². The number of carboxylic acids is 2. The second-order valence-corrected chi connectivity index (χ2v) is 8.68. The van der Waals surface area contributed by atoms with Crippen LogP contribution >= 0.6 is 0 Å². The van der Waals surface area contributed by atoms with Crippen molar-refractivity contribution in [1.82, 2.24) is 0 Å². The zero-order valence-electron chi connectivity index (χ0n) is 15.9. The lowest BCUT2D eigenvalue weighted by molar-refractivity contribution is -0.153. The SMILES string of the molecule is O=C(O)C[C@@]12C[C@H]3C=C[C@]1(COC2=O)O3.O=C(O)C[C@]12C[C@@H]3C=C[C@@]1(COC2=O)O3. The molecule has 160 valence electrons. The second-order valence-electron chi connectivity index (χ2n) is 8.68. The second kappa shape index (κ2) is 5.92. The Morgan fingerprint density at radius 2 is 1.23 bits per heavy atom. The van der Waals surface area contributed by atoms with Gasteiger partial charge in [-0.25, -0.2) is 0 Å². The molecule has 2 spiro atoms. The lowest BCUT2D eigenvalue weighted by Gasteiger charge is -2.29. The number of carboxylic acid groups (broad SMARTS) is 2. The van der Waals surface area contributed by atoms with E-state index >= 15 is 0 Å². The number of rotatable bonds is 4. The van der Waals surface area contributed by atoms with Crippen molar-refractivity contribution in [2.24, 2.45) is 10.8 Å². The van der Waals surface area contributed by atoms with Crippen LogP contribution < -0.4 is 0 Å². The maximum absolute atomic E-state index is 11.7. The van der Waals surface area contributed by atoms with E-state index in [1.54, 1.807) is 12.2 Å². The van der Waals surface area contributed by atoms with Crippen molar-refractivity contribution in [3.63, 3.8) is 0 Å². The molecule has 6 heterocycles. The maximum Gasteiger partial charge on any atom is 0.316 e. The third-order valence-corrected chi connectivity index (χ3v) is 7.13. The smallest absolute Gasteiger partial charge is 0.316 e. The number of hydrogen-bond acceptors (Lipinski definition) is 8. The summed E-state index contributed by atoms with van der Waals surface area (Å²) in [4.78, 5) is 45.0. The molecular weight excluding hydrogens is 400 g/mol. The molecule has 6 rings (SSSR count). The largest absolute Gasteiger partial charge is 0.481 e. The average Bonchev–Trinajstić information content (AvgIpc) is 3.46. The van der Waals surface area contributed by atoms with Gasteiger partial charge in [-0.05, 0) is 25.0 Å². The van der Waals surface area contributed by atoms with Crippen LogP contribution in [0.15, 0.2) is 24.3 Å². The number of aliphatic carboxylic acids is 2. The normalized spacial score (nSPS) is 45.6. The van der Waals surface area contributed by atoms with E-state index in [2.05, 4.69) is 0 Å². The first-order valence-corrected chi connectivity index (χ1v) is 9.68. The summed E-state index contributed by atoms with van der Waals surface area (Å²) in [5.41, 5.74) is -3.60. The first kappa shape index (κ1) is 19.3. The van der Waals surface area contributed by atoms with Gasteiger partial charge in [-0.3, -0.25) is 19.2 Å². The first-order chi connectivity index (χ1) is 14.2.